The zero-order valence-electron chi connectivity index (χ0n) is 14.0. The van der Waals surface area contributed by atoms with E-state index in [1.165, 1.54) is 24.3 Å². The molecule has 1 aromatic heterocycles. The van der Waals surface area contributed by atoms with E-state index in [2.05, 4.69) is 10.3 Å². The molecule has 5 heteroatoms. The van der Waals surface area contributed by atoms with Gasteiger partial charge in [0.1, 0.15) is 5.82 Å². The third-order valence-electron chi connectivity index (χ3n) is 4.42. The van der Waals surface area contributed by atoms with E-state index in [0.717, 1.165) is 5.56 Å². The van der Waals surface area contributed by atoms with E-state index in [1.807, 2.05) is 31.2 Å². The summed E-state index contributed by atoms with van der Waals surface area (Å²) in [5, 5.41) is 3.45. The Labute approximate surface area is 148 Å². The van der Waals surface area contributed by atoms with Crippen molar-refractivity contribution in [2.75, 3.05) is 5.32 Å². The summed E-state index contributed by atoms with van der Waals surface area (Å²) >= 11 is 0. The number of aromatic nitrogens is 1. The molecule has 26 heavy (non-hydrogen) atoms. The van der Waals surface area contributed by atoms with Gasteiger partial charge in [-0.05, 0) is 55.0 Å². The maximum Gasteiger partial charge on any atom is 0.255 e. The van der Waals surface area contributed by atoms with Gasteiger partial charge in [-0.15, -0.1) is 0 Å². The summed E-state index contributed by atoms with van der Waals surface area (Å²) in [6.07, 6.45) is 0. The van der Waals surface area contributed by atoms with Crippen LogP contribution in [0.3, 0.4) is 0 Å². The molecule has 2 N–H and O–H groups in total. The summed E-state index contributed by atoms with van der Waals surface area (Å²) in [6.45, 7) is 1.90. The van der Waals surface area contributed by atoms with E-state index in [-0.39, 0.29) is 16.7 Å². The third-order valence-corrected chi connectivity index (χ3v) is 4.42. The minimum atomic E-state index is -0.476. The normalized spacial score (nSPS) is 11.0. The second-order valence-corrected chi connectivity index (χ2v) is 6.17. The van der Waals surface area contributed by atoms with Crippen LogP contribution < -0.4 is 10.7 Å². The average molecular weight is 346 g/mol. The fourth-order valence-electron chi connectivity index (χ4n) is 2.99. The van der Waals surface area contributed by atoms with Crippen molar-refractivity contribution in [1.82, 2.24) is 4.98 Å². The number of H-pyrrole nitrogens is 1. The maximum absolute atomic E-state index is 13.5. The summed E-state index contributed by atoms with van der Waals surface area (Å²) in [7, 11) is 0. The second kappa shape index (κ2) is 6.11. The van der Waals surface area contributed by atoms with Crippen LogP contribution in [-0.4, -0.2) is 10.9 Å². The smallest absolute Gasteiger partial charge is 0.255 e. The van der Waals surface area contributed by atoms with E-state index in [0.29, 0.717) is 27.7 Å². The topological polar surface area (TPSA) is 62.0 Å². The zero-order valence-corrected chi connectivity index (χ0v) is 14.0. The van der Waals surface area contributed by atoms with E-state index in [9.17, 15) is 14.0 Å². The Morgan fingerprint density at radius 2 is 1.65 bits per heavy atom. The summed E-state index contributed by atoms with van der Waals surface area (Å²) in [5.41, 5.74) is 2.87. The second-order valence-electron chi connectivity index (χ2n) is 6.17. The van der Waals surface area contributed by atoms with Gasteiger partial charge in [0.05, 0.1) is 0 Å². The number of benzene rings is 3. The summed E-state index contributed by atoms with van der Waals surface area (Å²) in [4.78, 5) is 28.4. The first-order chi connectivity index (χ1) is 12.5. The lowest BCUT2D eigenvalue weighted by Gasteiger charge is -2.09. The van der Waals surface area contributed by atoms with Gasteiger partial charge in [0.15, 0.2) is 5.43 Å². The first kappa shape index (κ1) is 16.0. The number of rotatable bonds is 2. The average Bonchev–Trinajstić information content (AvgIpc) is 2.64. The highest BCUT2D eigenvalue weighted by Crippen LogP contribution is 2.19. The number of fused-ring (bicyclic) bond motifs is 2. The number of carbonyl (C=O) groups excluding carboxylic acids is 1. The van der Waals surface area contributed by atoms with Crippen LogP contribution >= 0.6 is 0 Å². The molecule has 4 rings (SSSR count). The first-order valence-electron chi connectivity index (χ1n) is 8.15. The fourth-order valence-corrected chi connectivity index (χ4v) is 2.99. The van der Waals surface area contributed by atoms with E-state index in [4.69, 9.17) is 0 Å². The van der Waals surface area contributed by atoms with Crippen molar-refractivity contribution in [2.24, 2.45) is 0 Å². The van der Waals surface area contributed by atoms with Crippen LogP contribution in [-0.2, 0) is 0 Å². The molecular weight excluding hydrogens is 331 g/mol. The molecular formula is C21H15FN2O2. The molecule has 4 aromatic rings. The number of aryl methyl sites for hydroxylation is 1. The molecule has 128 valence electrons. The molecule has 1 heterocycles. The number of amides is 1. The molecule has 3 aromatic carbocycles. The highest BCUT2D eigenvalue weighted by atomic mass is 19.1. The molecule has 0 unspecified atom stereocenters. The van der Waals surface area contributed by atoms with Gasteiger partial charge < -0.3 is 10.3 Å². The predicted octanol–water partition coefficient (Wildman–Crippen LogP) is 4.38. The molecule has 0 aliphatic heterocycles. The van der Waals surface area contributed by atoms with Crippen molar-refractivity contribution >= 4 is 33.4 Å². The summed E-state index contributed by atoms with van der Waals surface area (Å²) < 4.78 is 13.5. The third kappa shape index (κ3) is 2.73. The Kier molecular flexibility index (Phi) is 3.77. The van der Waals surface area contributed by atoms with Crippen LogP contribution in [0.25, 0.3) is 21.8 Å². The lowest BCUT2D eigenvalue weighted by atomic mass is 10.1. The van der Waals surface area contributed by atoms with Crippen molar-refractivity contribution in [3.63, 3.8) is 0 Å². The number of aromatic amines is 1. The number of nitrogens with one attached hydrogen (secondary N) is 2. The Morgan fingerprint density at radius 1 is 0.962 bits per heavy atom. The standard InChI is InChI=1S/C21H15FN2O2/c1-12-4-2-3-5-17(12)24-21(26)13-6-8-18-15(10-13)20(25)16-11-14(22)7-9-19(16)23-18/h2-11H,1H3,(H,23,25)(H,24,26). The number of carbonyl (C=O) groups is 1. The number of hydrogen-bond donors (Lipinski definition) is 2. The van der Waals surface area contributed by atoms with Crippen LogP contribution in [0.15, 0.2) is 65.5 Å². The SMILES string of the molecule is Cc1ccccc1NC(=O)c1ccc2[nH]c3ccc(F)cc3c(=O)c2c1. The molecule has 0 saturated carbocycles. The van der Waals surface area contributed by atoms with Crippen molar-refractivity contribution in [3.8, 4) is 0 Å². The van der Waals surface area contributed by atoms with Gasteiger partial charge in [-0.3, -0.25) is 9.59 Å². The van der Waals surface area contributed by atoms with Crippen LogP contribution in [0.4, 0.5) is 10.1 Å². The van der Waals surface area contributed by atoms with E-state index < -0.39 is 5.82 Å². The van der Waals surface area contributed by atoms with Crippen molar-refractivity contribution in [1.29, 1.82) is 0 Å². The molecule has 0 atom stereocenters. The molecule has 0 saturated heterocycles. The quantitative estimate of drug-likeness (QED) is 0.529. The number of halogens is 1. The van der Waals surface area contributed by atoms with Gasteiger partial charge in [0, 0.05) is 33.1 Å². The molecule has 0 bridgehead atoms. The molecule has 4 nitrogen and oxygen atoms in total. The highest BCUT2D eigenvalue weighted by molar-refractivity contribution is 6.07. The summed E-state index contributed by atoms with van der Waals surface area (Å²) in [6, 6.07) is 16.4. The number of pyridine rings is 1. The Hall–Kier alpha value is -3.47. The molecule has 0 radical (unpaired) electrons. The van der Waals surface area contributed by atoms with Crippen molar-refractivity contribution in [2.45, 2.75) is 6.92 Å². The Morgan fingerprint density at radius 3 is 2.42 bits per heavy atom. The fraction of sp³-hybridized carbons (Fsp3) is 0.0476. The van der Waals surface area contributed by atoms with Gasteiger partial charge in [0.25, 0.3) is 5.91 Å². The molecule has 1 amide bonds. The van der Waals surface area contributed by atoms with Crippen LogP contribution in [0.5, 0.6) is 0 Å². The lowest BCUT2D eigenvalue weighted by molar-refractivity contribution is 0.102. The van der Waals surface area contributed by atoms with Gasteiger partial charge in [0.2, 0.25) is 0 Å². The molecule has 0 spiro atoms. The number of hydrogen-bond acceptors (Lipinski definition) is 2. The monoisotopic (exact) mass is 346 g/mol. The van der Waals surface area contributed by atoms with E-state index in [1.54, 1.807) is 12.1 Å². The maximum atomic E-state index is 13.5. The Balaban J connectivity index is 1.81. The van der Waals surface area contributed by atoms with Gasteiger partial charge in [-0.25, -0.2) is 4.39 Å². The molecule has 0 aliphatic rings. The van der Waals surface area contributed by atoms with Crippen molar-refractivity contribution in [3.05, 3.63) is 87.8 Å². The predicted molar refractivity (Wildman–Crippen MR) is 101 cm³/mol. The lowest BCUT2D eigenvalue weighted by Crippen LogP contribution is -2.14. The molecule has 0 fully saturated rings. The van der Waals surface area contributed by atoms with Gasteiger partial charge in [-0.2, -0.15) is 0 Å². The zero-order chi connectivity index (χ0) is 18.3. The van der Waals surface area contributed by atoms with E-state index >= 15 is 0 Å². The minimum absolute atomic E-state index is 0.258. The molecule has 0 aliphatic carbocycles. The van der Waals surface area contributed by atoms with Crippen LogP contribution in [0.2, 0.25) is 0 Å². The van der Waals surface area contributed by atoms with Crippen LogP contribution in [0.1, 0.15) is 15.9 Å². The summed E-state index contributed by atoms with van der Waals surface area (Å²) in [5.74, 6) is -0.782. The van der Waals surface area contributed by atoms with Crippen molar-refractivity contribution < 1.29 is 9.18 Å². The van der Waals surface area contributed by atoms with Crippen LogP contribution in [0, 0.1) is 12.7 Å². The number of para-hydroxylation sites is 1. The minimum Gasteiger partial charge on any atom is -0.354 e. The number of anilines is 1. The van der Waals surface area contributed by atoms with Gasteiger partial charge in [-0.1, -0.05) is 18.2 Å². The Bertz CT molecular complexity index is 1230. The largest absolute Gasteiger partial charge is 0.354 e. The highest BCUT2D eigenvalue weighted by Gasteiger charge is 2.12. The van der Waals surface area contributed by atoms with Gasteiger partial charge >= 0.3 is 0 Å². The first-order valence-corrected chi connectivity index (χ1v) is 8.15.